The van der Waals surface area contributed by atoms with Crippen molar-refractivity contribution in [1.82, 2.24) is 31.7 Å². The van der Waals surface area contributed by atoms with Gasteiger partial charge in [0.05, 0.1) is 47.6 Å². The largest absolute Gasteiger partial charge is 3.00 e. The van der Waals surface area contributed by atoms with Crippen LogP contribution in [0.1, 0.15) is 64.2 Å². The Labute approximate surface area is 541 Å². The number of rotatable bonds is 12. The molecule has 0 saturated carbocycles. The Bertz CT molecular complexity index is 3250. The van der Waals surface area contributed by atoms with Crippen molar-refractivity contribution in [2.24, 2.45) is 20.4 Å². The van der Waals surface area contributed by atoms with Crippen molar-refractivity contribution < 1.29 is 139 Å². The smallest absolute Gasteiger partial charge is 0.741 e. The third-order valence-electron chi connectivity index (χ3n) is 8.31. The molecule has 40 heteroatoms. The average molecular weight is 1650 g/mol. The van der Waals surface area contributed by atoms with Crippen molar-refractivity contribution in [3.63, 3.8) is 0 Å². The van der Waals surface area contributed by atoms with E-state index in [1.54, 1.807) is 133 Å². The van der Waals surface area contributed by atoms with E-state index in [4.69, 9.17) is 38.9 Å². The zero-order valence-electron chi connectivity index (χ0n) is 41.2. The third kappa shape index (κ3) is 30.9. The monoisotopic (exact) mass is 1640 g/mol. The Balaban J connectivity index is 0.000000610. The maximum atomic E-state index is 12.0. The van der Waals surface area contributed by atoms with Crippen LogP contribution < -0.4 is 21.7 Å². The predicted molar refractivity (Wildman–Crippen MR) is 293 cm³/mol. The predicted octanol–water partition coefficient (Wildman–Crippen LogP) is 8.42. The fourth-order valence-electron chi connectivity index (χ4n) is 4.52. The van der Waals surface area contributed by atoms with Crippen molar-refractivity contribution >= 4 is 143 Å². The summed E-state index contributed by atoms with van der Waals surface area (Å²) in [6.45, 7) is 0. The number of pyridine rings is 2. The summed E-state index contributed by atoms with van der Waals surface area (Å²) in [7, 11) is -18.3. The molecule has 4 N–H and O–H groups in total. The number of carbonyl (C=O) groups excluding carboxylic acids is 4. The normalized spacial score (nSPS) is 11.7. The molecule has 0 atom stereocenters. The first-order valence-corrected chi connectivity index (χ1v) is 28.5. The number of aromatic nitrogens is 2. The van der Waals surface area contributed by atoms with Crippen LogP contribution in [0.4, 0.5) is 39.5 Å². The molecule has 23 nitrogen and oxygen atoms in total. The maximum absolute atomic E-state index is 12.0. The van der Waals surface area contributed by atoms with Crippen molar-refractivity contribution in [3.8, 4) is 0 Å². The molecule has 450 valence electrons. The van der Waals surface area contributed by atoms with Crippen LogP contribution in [0, 0.1) is 41.3 Å². The molecular formula is C45H30Br4F9N10O13PrS3. The quantitative estimate of drug-likeness (QED) is 0.0294. The van der Waals surface area contributed by atoms with E-state index in [0.29, 0.717) is 45.0 Å². The number of hydrogen-bond acceptors (Lipinski definition) is 19. The fraction of sp³-hybridized carbons (Fsp3) is 0.0667. The van der Waals surface area contributed by atoms with Gasteiger partial charge in [-0.1, -0.05) is 75.9 Å². The molecule has 4 amide bonds. The van der Waals surface area contributed by atoms with Gasteiger partial charge in [-0.15, -0.1) is 0 Å². The molecule has 0 aliphatic heterocycles. The van der Waals surface area contributed by atoms with Gasteiger partial charge in [-0.2, -0.15) is 59.9 Å². The molecule has 0 bridgehead atoms. The molecule has 2 heterocycles. The minimum absolute atomic E-state index is 0. The minimum atomic E-state index is -6.09. The first-order valence-electron chi connectivity index (χ1n) is 21.1. The van der Waals surface area contributed by atoms with Gasteiger partial charge in [0.25, 0.3) is 23.6 Å². The summed E-state index contributed by atoms with van der Waals surface area (Å²) in [4.78, 5) is 56.8. The summed E-state index contributed by atoms with van der Waals surface area (Å²) in [6, 6.07) is 38.2. The van der Waals surface area contributed by atoms with Crippen LogP contribution in [0.15, 0.2) is 172 Å². The van der Waals surface area contributed by atoms with Gasteiger partial charge in [-0.25, -0.2) is 56.9 Å². The van der Waals surface area contributed by atoms with E-state index in [2.05, 4.69) is 116 Å². The zero-order valence-corrected chi connectivity index (χ0v) is 53.7. The standard InChI is InChI=1S/2C21H15Br2N5O2.3CHF3O3S.Pr/c2*22-16-8-4-14(5-9-16)20(29)27-24-12-18-2-1-3-19(26-18)13-25-28-21(30)15-6-10-17(23)11-7-15;3*2-1(3,4)8(5,6)7;/h2*1-13H,(H,27,29)(H,28,30);3*(H,5,6,7);/q;;;;;+3/p-3/b2*24-12+,25-13+;;;;. The number of amides is 4. The van der Waals surface area contributed by atoms with E-state index in [1.807, 2.05) is 0 Å². The second-order valence-electron chi connectivity index (χ2n) is 14.5. The SMILES string of the molecule is O=C(N/N=C/c1cccc(/C=N/NC(=O)c2ccc(Br)cc2)n1)c1ccc(Br)cc1.O=C(N/N=C/c1cccc(/C=N/NC(=O)c2ccc(Br)cc2)n1)c1ccc(Br)cc1.O=S(=O)([O-])C(F)(F)F.O=S(=O)([O-])C(F)(F)F.O=S(=O)([O-])C(F)(F)F.[Pr+3]. The summed E-state index contributed by atoms with van der Waals surface area (Å²) < 4.78 is 180. The van der Waals surface area contributed by atoms with Crippen LogP contribution in [-0.2, 0) is 30.4 Å². The van der Waals surface area contributed by atoms with E-state index in [9.17, 15) is 58.7 Å². The second kappa shape index (κ2) is 35.7. The number of halogens is 13. The zero-order chi connectivity index (χ0) is 63.7. The fourth-order valence-corrected chi connectivity index (χ4v) is 5.57. The van der Waals surface area contributed by atoms with Crippen LogP contribution in [-0.4, -0.2) is 114 Å². The third-order valence-corrected chi connectivity index (χ3v) is 12.1. The number of nitrogens with one attached hydrogen (secondary N) is 4. The summed E-state index contributed by atoms with van der Waals surface area (Å²) in [6.07, 6.45) is 5.70. The summed E-state index contributed by atoms with van der Waals surface area (Å²) in [5, 5.41) is 15.7. The summed E-state index contributed by atoms with van der Waals surface area (Å²) in [5.74, 6) is -1.31. The number of benzene rings is 4. The van der Waals surface area contributed by atoms with E-state index >= 15 is 0 Å². The van der Waals surface area contributed by atoms with E-state index in [-0.39, 0.29) is 64.9 Å². The van der Waals surface area contributed by atoms with E-state index in [1.165, 1.54) is 24.9 Å². The average Bonchev–Trinajstić information content (AvgIpc) is 3.53. The molecule has 0 aliphatic carbocycles. The van der Waals surface area contributed by atoms with Crippen LogP contribution in [0.3, 0.4) is 0 Å². The molecule has 4 aromatic carbocycles. The maximum Gasteiger partial charge on any atom is 3.00 e. The van der Waals surface area contributed by atoms with Crippen LogP contribution in [0.5, 0.6) is 0 Å². The van der Waals surface area contributed by atoms with Crippen LogP contribution in [0.2, 0.25) is 0 Å². The van der Waals surface area contributed by atoms with E-state index < -0.39 is 46.9 Å². The number of nitrogens with zero attached hydrogens (tertiary/aromatic N) is 6. The molecule has 6 rings (SSSR count). The topological polar surface area (TPSA) is 363 Å². The Kier molecular flexibility index (Phi) is 32.4. The first-order chi connectivity index (χ1) is 38.8. The second-order valence-corrected chi connectivity index (χ2v) is 22.3. The number of alkyl halides is 9. The van der Waals surface area contributed by atoms with Gasteiger partial charge in [0.15, 0.2) is 30.4 Å². The van der Waals surface area contributed by atoms with Crippen LogP contribution in [0.25, 0.3) is 0 Å². The number of hydrazone groups is 4. The number of carbonyl (C=O) groups is 4. The minimum Gasteiger partial charge on any atom is -0.741 e. The Hall–Kier alpha value is -5.88. The van der Waals surface area contributed by atoms with Crippen molar-refractivity contribution in [1.29, 1.82) is 0 Å². The number of hydrogen-bond donors (Lipinski definition) is 4. The van der Waals surface area contributed by atoms with Gasteiger partial charge < -0.3 is 13.7 Å². The molecule has 0 unspecified atom stereocenters. The van der Waals surface area contributed by atoms with Gasteiger partial charge in [-0.3, -0.25) is 19.2 Å². The Morgan fingerprint density at radius 1 is 0.365 bits per heavy atom. The summed E-state index contributed by atoms with van der Waals surface area (Å²) >= 11 is 13.3. The van der Waals surface area contributed by atoms with Gasteiger partial charge in [-0.05, 0) is 121 Å². The van der Waals surface area contributed by atoms with Crippen molar-refractivity contribution in [2.75, 3.05) is 0 Å². The molecule has 2 aromatic heterocycles. The molecule has 0 fully saturated rings. The molecule has 0 aliphatic rings. The van der Waals surface area contributed by atoms with E-state index in [0.717, 1.165) is 17.9 Å². The van der Waals surface area contributed by atoms with Crippen LogP contribution >= 0.6 is 63.7 Å². The molecule has 85 heavy (non-hydrogen) atoms. The molecular weight excluding hydrogens is 1620 g/mol. The Morgan fingerprint density at radius 2 is 0.518 bits per heavy atom. The van der Waals surface area contributed by atoms with Gasteiger partial charge in [0.2, 0.25) is 0 Å². The first kappa shape index (κ1) is 77.1. The molecule has 0 saturated heterocycles. The molecule has 6 aromatic rings. The van der Waals surface area contributed by atoms with Gasteiger partial charge in [0.1, 0.15) is 0 Å². The Morgan fingerprint density at radius 3 is 0.659 bits per heavy atom. The van der Waals surface area contributed by atoms with Gasteiger partial charge in [0, 0.05) is 40.1 Å². The summed E-state index contributed by atoms with van der Waals surface area (Å²) in [5.41, 5.74) is -3.09. The van der Waals surface area contributed by atoms with Crippen molar-refractivity contribution in [2.45, 2.75) is 16.5 Å². The van der Waals surface area contributed by atoms with Crippen molar-refractivity contribution in [3.05, 3.63) is 196 Å². The molecule has 0 radical (unpaired) electrons. The molecule has 0 spiro atoms. The van der Waals surface area contributed by atoms with Gasteiger partial charge >= 0.3 is 57.8 Å².